The highest BCUT2D eigenvalue weighted by atomic mass is 16.5. The summed E-state index contributed by atoms with van der Waals surface area (Å²) in [6.07, 6.45) is 2.68. The molecule has 0 aliphatic carbocycles. The Morgan fingerprint density at radius 3 is 2.23 bits per heavy atom. The Morgan fingerprint density at radius 2 is 1.57 bits per heavy atom. The van der Waals surface area contributed by atoms with E-state index in [1.165, 1.54) is 0 Å². The number of rotatable bonds is 12. The Morgan fingerprint density at radius 1 is 0.886 bits per heavy atom. The van der Waals surface area contributed by atoms with Gasteiger partial charge in [-0.3, -0.25) is 9.59 Å². The standard InChI is InChI=1S/C28H35NO6/c1-5-9-10-16-29-25(19-12-11-13-20(17-19)33-6-2)24(27(31)28(29)32)26(30)22-15-14-21(34-7-3)18-23(22)35-8-4/h11-15,17-18,25,30H,5-10,16H2,1-4H3/b26-24-. The highest BCUT2D eigenvalue weighted by Crippen LogP contribution is 2.42. The number of likely N-dealkylation sites (tertiary alicyclic amines) is 1. The van der Waals surface area contributed by atoms with Crippen molar-refractivity contribution >= 4 is 17.4 Å². The third-order valence-electron chi connectivity index (χ3n) is 5.85. The molecule has 35 heavy (non-hydrogen) atoms. The molecule has 188 valence electrons. The van der Waals surface area contributed by atoms with E-state index in [4.69, 9.17) is 14.2 Å². The summed E-state index contributed by atoms with van der Waals surface area (Å²) in [6.45, 7) is 9.44. The molecule has 1 fully saturated rings. The fourth-order valence-corrected chi connectivity index (χ4v) is 4.31. The summed E-state index contributed by atoms with van der Waals surface area (Å²) in [5.41, 5.74) is 1.09. The minimum Gasteiger partial charge on any atom is -0.507 e. The van der Waals surface area contributed by atoms with Gasteiger partial charge in [0, 0.05) is 12.6 Å². The normalized spacial score (nSPS) is 17.0. The number of nitrogens with zero attached hydrogens (tertiary/aromatic N) is 1. The molecule has 1 saturated heterocycles. The van der Waals surface area contributed by atoms with Crippen molar-refractivity contribution in [1.29, 1.82) is 0 Å². The summed E-state index contributed by atoms with van der Waals surface area (Å²) >= 11 is 0. The molecular weight excluding hydrogens is 446 g/mol. The van der Waals surface area contributed by atoms with Gasteiger partial charge in [-0.1, -0.05) is 31.9 Å². The molecule has 0 aromatic heterocycles. The van der Waals surface area contributed by atoms with Crippen LogP contribution in [0.15, 0.2) is 48.0 Å². The Balaban J connectivity index is 2.17. The van der Waals surface area contributed by atoms with Gasteiger partial charge in [-0.2, -0.15) is 0 Å². The van der Waals surface area contributed by atoms with Gasteiger partial charge >= 0.3 is 0 Å². The third-order valence-corrected chi connectivity index (χ3v) is 5.85. The van der Waals surface area contributed by atoms with Gasteiger partial charge in [0.25, 0.3) is 11.7 Å². The number of amides is 1. The van der Waals surface area contributed by atoms with Crippen LogP contribution in [0.4, 0.5) is 0 Å². The number of aliphatic hydroxyl groups is 1. The monoisotopic (exact) mass is 481 g/mol. The second-order valence-electron chi connectivity index (χ2n) is 8.23. The molecule has 0 bridgehead atoms. The molecule has 3 rings (SSSR count). The SMILES string of the molecule is CCCCCN1C(=O)C(=O)/C(=C(\O)c2ccc(OCC)cc2OCC)C1c1cccc(OCC)c1. The van der Waals surface area contributed by atoms with Crippen LogP contribution in [0, 0.1) is 0 Å². The molecule has 0 radical (unpaired) electrons. The Bertz CT molecular complexity index is 1080. The Hall–Kier alpha value is -3.48. The zero-order chi connectivity index (χ0) is 25.4. The summed E-state index contributed by atoms with van der Waals surface area (Å²) in [4.78, 5) is 28.0. The van der Waals surface area contributed by atoms with E-state index in [0.29, 0.717) is 54.7 Å². The molecule has 1 atom stereocenters. The van der Waals surface area contributed by atoms with Crippen LogP contribution in [0.3, 0.4) is 0 Å². The van der Waals surface area contributed by atoms with Crippen LogP contribution >= 0.6 is 0 Å². The van der Waals surface area contributed by atoms with E-state index in [1.807, 2.05) is 45.0 Å². The average Bonchev–Trinajstić information content (AvgIpc) is 3.10. The number of Topliss-reactive ketones (excluding diaryl/α,β-unsaturated/α-hetero) is 1. The molecule has 2 aromatic rings. The number of ether oxygens (including phenoxy) is 3. The largest absolute Gasteiger partial charge is 0.507 e. The van der Waals surface area contributed by atoms with E-state index in [1.54, 1.807) is 23.1 Å². The summed E-state index contributed by atoms with van der Waals surface area (Å²) in [5, 5.41) is 11.5. The van der Waals surface area contributed by atoms with Crippen molar-refractivity contribution in [1.82, 2.24) is 4.90 Å². The number of benzene rings is 2. The topological polar surface area (TPSA) is 85.3 Å². The maximum atomic E-state index is 13.3. The maximum Gasteiger partial charge on any atom is 0.295 e. The first-order chi connectivity index (χ1) is 17.0. The van der Waals surface area contributed by atoms with Crippen LogP contribution in [0.25, 0.3) is 5.76 Å². The van der Waals surface area contributed by atoms with E-state index >= 15 is 0 Å². The van der Waals surface area contributed by atoms with Gasteiger partial charge in [-0.25, -0.2) is 0 Å². The first-order valence-electron chi connectivity index (χ1n) is 12.4. The van der Waals surface area contributed by atoms with Gasteiger partial charge in [0.05, 0.1) is 37.0 Å². The summed E-state index contributed by atoms with van der Waals surface area (Å²) < 4.78 is 17.0. The molecule has 1 heterocycles. The van der Waals surface area contributed by atoms with E-state index in [-0.39, 0.29) is 11.3 Å². The van der Waals surface area contributed by atoms with E-state index in [0.717, 1.165) is 19.3 Å². The summed E-state index contributed by atoms with van der Waals surface area (Å²) in [5.74, 6) is 0.0313. The molecule has 1 aliphatic rings. The van der Waals surface area contributed by atoms with Crippen LogP contribution in [-0.4, -0.2) is 48.1 Å². The lowest BCUT2D eigenvalue weighted by atomic mass is 9.94. The molecular formula is C28H35NO6. The zero-order valence-corrected chi connectivity index (χ0v) is 21.0. The quantitative estimate of drug-likeness (QED) is 0.187. The van der Waals surface area contributed by atoms with Crippen molar-refractivity contribution in [3.63, 3.8) is 0 Å². The highest BCUT2D eigenvalue weighted by Gasteiger charge is 2.46. The number of carbonyl (C=O) groups excluding carboxylic acids is 2. The van der Waals surface area contributed by atoms with Gasteiger partial charge in [0.15, 0.2) is 0 Å². The first kappa shape index (κ1) is 26.1. The van der Waals surface area contributed by atoms with Gasteiger partial charge in [0.1, 0.15) is 23.0 Å². The first-order valence-corrected chi connectivity index (χ1v) is 12.4. The molecule has 1 amide bonds. The van der Waals surface area contributed by atoms with Crippen molar-refractivity contribution in [2.24, 2.45) is 0 Å². The fourth-order valence-electron chi connectivity index (χ4n) is 4.31. The maximum absolute atomic E-state index is 13.3. The van der Waals surface area contributed by atoms with Crippen LogP contribution in [0.2, 0.25) is 0 Å². The molecule has 1 N–H and O–H groups in total. The van der Waals surface area contributed by atoms with Crippen molar-refractivity contribution in [2.75, 3.05) is 26.4 Å². The number of hydrogen-bond donors (Lipinski definition) is 1. The van der Waals surface area contributed by atoms with E-state index in [9.17, 15) is 14.7 Å². The lowest BCUT2D eigenvalue weighted by molar-refractivity contribution is -0.139. The predicted octanol–water partition coefficient (Wildman–Crippen LogP) is 5.49. The summed E-state index contributed by atoms with van der Waals surface area (Å²) in [7, 11) is 0. The number of hydrogen-bond acceptors (Lipinski definition) is 6. The number of aliphatic hydroxyl groups excluding tert-OH is 1. The third kappa shape index (κ3) is 5.78. The Labute approximate surface area is 207 Å². The zero-order valence-electron chi connectivity index (χ0n) is 21.0. The second-order valence-corrected chi connectivity index (χ2v) is 8.23. The number of carbonyl (C=O) groups is 2. The number of ketones is 1. The van der Waals surface area contributed by atoms with Gasteiger partial charge in [-0.05, 0) is 57.0 Å². The van der Waals surface area contributed by atoms with Crippen LogP contribution in [0.5, 0.6) is 17.2 Å². The van der Waals surface area contributed by atoms with E-state index in [2.05, 4.69) is 6.92 Å². The molecule has 1 aliphatic heterocycles. The number of unbranched alkanes of at least 4 members (excludes halogenated alkanes) is 2. The highest BCUT2D eigenvalue weighted by molar-refractivity contribution is 6.46. The van der Waals surface area contributed by atoms with Crippen molar-refractivity contribution in [3.8, 4) is 17.2 Å². The Kier molecular flexibility index (Phi) is 9.18. The average molecular weight is 482 g/mol. The predicted molar refractivity (Wildman–Crippen MR) is 135 cm³/mol. The summed E-state index contributed by atoms with van der Waals surface area (Å²) in [6, 6.07) is 11.7. The minimum atomic E-state index is -0.728. The second kappa shape index (κ2) is 12.3. The molecule has 2 aromatic carbocycles. The molecule has 1 unspecified atom stereocenters. The molecule has 0 spiro atoms. The van der Waals surface area contributed by atoms with E-state index < -0.39 is 17.7 Å². The smallest absolute Gasteiger partial charge is 0.295 e. The molecule has 0 saturated carbocycles. The van der Waals surface area contributed by atoms with Gasteiger partial charge < -0.3 is 24.2 Å². The lowest BCUT2D eigenvalue weighted by Crippen LogP contribution is -2.30. The van der Waals surface area contributed by atoms with Crippen LogP contribution in [0.1, 0.15) is 64.1 Å². The van der Waals surface area contributed by atoms with Crippen molar-refractivity contribution < 1.29 is 28.9 Å². The minimum absolute atomic E-state index is 0.0465. The van der Waals surface area contributed by atoms with Crippen LogP contribution in [-0.2, 0) is 9.59 Å². The fraction of sp³-hybridized carbons (Fsp3) is 0.429. The van der Waals surface area contributed by atoms with Crippen molar-refractivity contribution in [3.05, 3.63) is 59.2 Å². The molecule has 7 nitrogen and oxygen atoms in total. The van der Waals surface area contributed by atoms with Gasteiger partial charge in [0.2, 0.25) is 0 Å². The van der Waals surface area contributed by atoms with Gasteiger partial charge in [-0.15, -0.1) is 0 Å². The van der Waals surface area contributed by atoms with Crippen LogP contribution < -0.4 is 14.2 Å². The van der Waals surface area contributed by atoms with Crippen molar-refractivity contribution in [2.45, 2.75) is 53.0 Å². The molecule has 7 heteroatoms. The lowest BCUT2D eigenvalue weighted by Gasteiger charge is -2.26.